The average Bonchev–Trinajstić information content (AvgIpc) is 2.51. The molecule has 2 aromatic heterocycles. The van der Waals surface area contributed by atoms with Crippen molar-refractivity contribution in [2.75, 3.05) is 0 Å². The molecule has 0 spiro atoms. The number of halogens is 3. The normalized spacial score (nSPS) is 25.7. The van der Waals surface area contributed by atoms with Crippen molar-refractivity contribution in [2.45, 2.75) is 36.6 Å². The summed E-state index contributed by atoms with van der Waals surface area (Å²) in [4.78, 5) is 7.74. The van der Waals surface area contributed by atoms with E-state index in [0.29, 0.717) is 5.69 Å². The fraction of sp³-hybridized carbons (Fsp3) is 0.375. The first kappa shape index (κ1) is 15.9. The second-order valence-electron chi connectivity index (χ2n) is 5.84. The number of rotatable bonds is 3. The smallest absolute Gasteiger partial charge is 0.393 e. The van der Waals surface area contributed by atoms with Crippen molar-refractivity contribution in [1.82, 2.24) is 9.97 Å². The molecule has 0 saturated heterocycles. The van der Waals surface area contributed by atoms with Crippen molar-refractivity contribution in [3.63, 3.8) is 0 Å². The Morgan fingerprint density at radius 1 is 1.22 bits per heavy atom. The number of alkyl halides is 3. The van der Waals surface area contributed by atoms with Crippen LogP contribution in [0.3, 0.4) is 0 Å². The molecule has 1 aliphatic carbocycles. The predicted molar refractivity (Wildman–Crippen MR) is 75.4 cm³/mol. The maximum absolute atomic E-state index is 12.9. The van der Waals surface area contributed by atoms with Gasteiger partial charge in [-0.05, 0) is 36.6 Å². The van der Waals surface area contributed by atoms with Gasteiger partial charge in [-0.1, -0.05) is 6.07 Å². The number of aliphatic hydroxyl groups is 2. The first-order valence-corrected chi connectivity index (χ1v) is 7.13. The molecular formula is C16H15F3N2O2. The molecule has 2 N–H and O–H groups in total. The number of nitrogens with zero attached hydrogens (tertiary/aromatic N) is 2. The molecule has 0 aromatic carbocycles. The zero-order chi connectivity index (χ0) is 16.7. The van der Waals surface area contributed by atoms with Crippen LogP contribution in [-0.2, 0) is 11.6 Å². The Morgan fingerprint density at radius 2 is 1.96 bits per heavy atom. The van der Waals surface area contributed by atoms with E-state index < -0.39 is 29.4 Å². The number of aliphatic hydroxyl groups excluding tert-OH is 2. The van der Waals surface area contributed by atoms with Crippen molar-refractivity contribution in [2.24, 2.45) is 0 Å². The minimum absolute atomic E-state index is 0.160. The van der Waals surface area contributed by atoms with Crippen LogP contribution < -0.4 is 0 Å². The fourth-order valence-electron chi connectivity index (χ4n) is 3.09. The fourth-order valence-corrected chi connectivity index (χ4v) is 3.09. The average molecular weight is 324 g/mol. The van der Waals surface area contributed by atoms with Crippen molar-refractivity contribution < 1.29 is 23.4 Å². The highest BCUT2D eigenvalue weighted by molar-refractivity contribution is 5.35. The largest absolute Gasteiger partial charge is 0.417 e. The summed E-state index contributed by atoms with van der Waals surface area (Å²) < 4.78 is 38.7. The first-order chi connectivity index (χ1) is 10.8. The van der Waals surface area contributed by atoms with Crippen molar-refractivity contribution in [3.8, 4) is 0 Å². The summed E-state index contributed by atoms with van der Waals surface area (Å²) in [6.45, 7) is 0. The Labute approximate surface area is 130 Å². The number of aromatic nitrogens is 2. The van der Waals surface area contributed by atoms with Gasteiger partial charge < -0.3 is 10.2 Å². The van der Waals surface area contributed by atoms with Crippen LogP contribution in [0.5, 0.6) is 0 Å². The molecule has 0 bridgehead atoms. The summed E-state index contributed by atoms with van der Waals surface area (Å²) in [5, 5.41) is 20.4. The van der Waals surface area contributed by atoms with E-state index >= 15 is 0 Å². The maximum Gasteiger partial charge on any atom is 0.417 e. The molecule has 1 atom stereocenters. The number of hydrogen-bond donors (Lipinski definition) is 2. The Bertz CT molecular complexity index is 685. The topological polar surface area (TPSA) is 66.2 Å². The second-order valence-corrected chi connectivity index (χ2v) is 5.84. The van der Waals surface area contributed by atoms with E-state index in [1.54, 1.807) is 18.2 Å². The third kappa shape index (κ3) is 2.82. The van der Waals surface area contributed by atoms with E-state index in [9.17, 15) is 23.4 Å². The lowest BCUT2D eigenvalue weighted by molar-refractivity contribution is -0.138. The van der Waals surface area contributed by atoms with Crippen LogP contribution in [0.25, 0.3) is 0 Å². The van der Waals surface area contributed by atoms with Crippen LogP contribution in [-0.4, -0.2) is 26.3 Å². The van der Waals surface area contributed by atoms with Gasteiger partial charge in [0, 0.05) is 24.0 Å². The Hall–Kier alpha value is -1.99. The van der Waals surface area contributed by atoms with Gasteiger partial charge in [0.15, 0.2) is 0 Å². The standard InChI is InChI=1S/C16H15F3N2O2/c17-16(18,19)11-5-10(8-20-9-11)15(6-12(22)7-15)14(23)13-3-1-2-4-21-13/h1-5,8-9,12,14,22-23H,6-7H2/t12-,14-,15-/m1/s1. The van der Waals surface area contributed by atoms with E-state index in [0.717, 1.165) is 12.3 Å². The summed E-state index contributed by atoms with van der Waals surface area (Å²) in [5.74, 6) is 0. The summed E-state index contributed by atoms with van der Waals surface area (Å²) >= 11 is 0. The molecule has 122 valence electrons. The highest BCUT2D eigenvalue weighted by Crippen LogP contribution is 2.52. The highest BCUT2D eigenvalue weighted by Gasteiger charge is 2.51. The van der Waals surface area contributed by atoms with Crippen molar-refractivity contribution in [1.29, 1.82) is 0 Å². The van der Waals surface area contributed by atoms with Crippen molar-refractivity contribution in [3.05, 3.63) is 59.7 Å². The van der Waals surface area contributed by atoms with E-state index in [1.807, 2.05) is 0 Å². The van der Waals surface area contributed by atoms with Gasteiger partial charge in [0.05, 0.1) is 17.4 Å². The third-order valence-electron chi connectivity index (χ3n) is 4.33. The molecular weight excluding hydrogens is 309 g/mol. The minimum atomic E-state index is -4.51. The zero-order valence-corrected chi connectivity index (χ0v) is 12.0. The molecule has 1 aliphatic rings. The van der Waals surface area contributed by atoms with Crippen LogP contribution in [0.4, 0.5) is 13.2 Å². The minimum Gasteiger partial charge on any atom is -0.393 e. The third-order valence-corrected chi connectivity index (χ3v) is 4.33. The number of pyridine rings is 2. The monoisotopic (exact) mass is 324 g/mol. The van der Waals surface area contributed by atoms with Gasteiger partial charge in [-0.3, -0.25) is 9.97 Å². The van der Waals surface area contributed by atoms with Gasteiger partial charge in [-0.25, -0.2) is 0 Å². The van der Waals surface area contributed by atoms with Crippen LogP contribution in [0.1, 0.15) is 35.8 Å². The number of hydrogen-bond acceptors (Lipinski definition) is 4. The summed E-state index contributed by atoms with van der Waals surface area (Å²) in [5.41, 5.74) is -1.27. The van der Waals surface area contributed by atoms with Crippen LogP contribution in [0, 0.1) is 0 Å². The van der Waals surface area contributed by atoms with Gasteiger partial charge >= 0.3 is 6.18 Å². The molecule has 0 unspecified atom stereocenters. The van der Waals surface area contributed by atoms with E-state index in [-0.39, 0.29) is 18.4 Å². The van der Waals surface area contributed by atoms with Crippen LogP contribution >= 0.6 is 0 Å². The zero-order valence-electron chi connectivity index (χ0n) is 12.0. The molecule has 0 amide bonds. The van der Waals surface area contributed by atoms with E-state index in [2.05, 4.69) is 9.97 Å². The molecule has 0 aliphatic heterocycles. The summed E-state index contributed by atoms with van der Waals surface area (Å²) in [6.07, 6.45) is -2.40. The molecule has 4 nitrogen and oxygen atoms in total. The molecule has 1 fully saturated rings. The molecule has 23 heavy (non-hydrogen) atoms. The lowest BCUT2D eigenvalue weighted by Gasteiger charge is -2.48. The quantitative estimate of drug-likeness (QED) is 0.911. The lowest BCUT2D eigenvalue weighted by atomic mass is 9.59. The van der Waals surface area contributed by atoms with E-state index in [1.165, 1.54) is 12.4 Å². The Kier molecular flexibility index (Phi) is 3.85. The highest BCUT2D eigenvalue weighted by atomic mass is 19.4. The van der Waals surface area contributed by atoms with Crippen molar-refractivity contribution >= 4 is 0 Å². The summed E-state index contributed by atoms with van der Waals surface area (Å²) in [7, 11) is 0. The molecule has 2 heterocycles. The van der Waals surface area contributed by atoms with Crippen LogP contribution in [0.2, 0.25) is 0 Å². The Morgan fingerprint density at radius 3 is 2.52 bits per heavy atom. The summed E-state index contributed by atoms with van der Waals surface area (Å²) in [6, 6.07) is 5.98. The van der Waals surface area contributed by atoms with Gasteiger partial charge in [0.1, 0.15) is 6.10 Å². The maximum atomic E-state index is 12.9. The van der Waals surface area contributed by atoms with E-state index in [4.69, 9.17) is 0 Å². The predicted octanol–water partition coefficient (Wildman–Crippen LogP) is 2.62. The first-order valence-electron chi connectivity index (χ1n) is 7.13. The van der Waals surface area contributed by atoms with Gasteiger partial charge in [0.2, 0.25) is 0 Å². The van der Waals surface area contributed by atoms with Gasteiger partial charge in [-0.15, -0.1) is 0 Å². The van der Waals surface area contributed by atoms with Gasteiger partial charge in [-0.2, -0.15) is 13.2 Å². The lowest BCUT2D eigenvalue weighted by Crippen LogP contribution is -2.49. The molecule has 3 rings (SSSR count). The Balaban J connectivity index is 2.02. The second kappa shape index (κ2) is 5.58. The van der Waals surface area contributed by atoms with Crippen LogP contribution in [0.15, 0.2) is 42.9 Å². The molecule has 1 saturated carbocycles. The SMILES string of the molecule is O[C@H](c1ccccn1)[C@]1(c2cncc(C(F)(F)F)c2)C[C@@H](O)C1. The molecule has 7 heteroatoms. The molecule has 2 aromatic rings. The van der Waals surface area contributed by atoms with Gasteiger partial charge in [0.25, 0.3) is 0 Å². The molecule has 0 radical (unpaired) electrons.